The molecule has 8 heteroatoms. The van der Waals surface area contributed by atoms with Gasteiger partial charge in [0.1, 0.15) is 5.82 Å². The second-order valence-electron chi connectivity index (χ2n) is 6.82. The molecule has 7 nitrogen and oxygen atoms in total. The van der Waals surface area contributed by atoms with E-state index in [0.29, 0.717) is 24.3 Å². The number of anilines is 2. The number of hydrogen-bond acceptors (Lipinski definition) is 5. The van der Waals surface area contributed by atoms with Crippen molar-refractivity contribution in [3.63, 3.8) is 0 Å². The highest BCUT2D eigenvalue weighted by Gasteiger charge is 2.27. The second-order valence-corrected chi connectivity index (χ2v) is 8.76. The number of nitrogens with zero attached hydrogens (tertiary/aromatic N) is 2. The summed E-state index contributed by atoms with van der Waals surface area (Å²) in [5, 5.41) is 5.94. The van der Waals surface area contributed by atoms with Gasteiger partial charge >= 0.3 is 0 Å². The van der Waals surface area contributed by atoms with Crippen molar-refractivity contribution in [2.24, 2.45) is 0 Å². The Hall–Kier alpha value is -2.45. The zero-order valence-electron chi connectivity index (χ0n) is 15.5. The highest BCUT2D eigenvalue weighted by molar-refractivity contribution is 7.89. The van der Waals surface area contributed by atoms with Gasteiger partial charge in [-0.05, 0) is 63.1 Å². The predicted molar refractivity (Wildman–Crippen MR) is 105 cm³/mol. The van der Waals surface area contributed by atoms with E-state index in [4.69, 9.17) is 0 Å². The van der Waals surface area contributed by atoms with Crippen molar-refractivity contribution >= 4 is 27.4 Å². The van der Waals surface area contributed by atoms with Gasteiger partial charge < -0.3 is 10.6 Å². The Morgan fingerprint density at radius 1 is 1.07 bits per heavy atom. The molecule has 0 aliphatic carbocycles. The van der Waals surface area contributed by atoms with Crippen LogP contribution in [-0.4, -0.2) is 42.7 Å². The van der Waals surface area contributed by atoms with Crippen LogP contribution in [0.2, 0.25) is 0 Å². The lowest BCUT2D eigenvalue weighted by Crippen LogP contribution is -2.27. The quantitative estimate of drug-likeness (QED) is 0.794. The van der Waals surface area contributed by atoms with Crippen molar-refractivity contribution in [1.29, 1.82) is 0 Å². The molecule has 2 aromatic rings. The third-order valence-corrected chi connectivity index (χ3v) is 6.19. The number of carbonyl (C=O) groups excluding carboxylic acids is 1. The molecule has 1 saturated heterocycles. The molecule has 2 N–H and O–H groups in total. The maximum atomic E-state index is 12.5. The summed E-state index contributed by atoms with van der Waals surface area (Å²) in [5.74, 6) is 0.422. The van der Waals surface area contributed by atoms with E-state index in [0.717, 1.165) is 18.7 Å². The third-order valence-electron chi connectivity index (χ3n) is 4.28. The van der Waals surface area contributed by atoms with Crippen molar-refractivity contribution < 1.29 is 13.2 Å². The molecular weight excluding hydrogens is 364 g/mol. The van der Waals surface area contributed by atoms with Crippen LogP contribution in [0.4, 0.5) is 11.5 Å². The van der Waals surface area contributed by atoms with Crippen molar-refractivity contribution in [2.75, 3.05) is 23.7 Å². The van der Waals surface area contributed by atoms with Crippen LogP contribution in [0.3, 0.4) is 0 Å². The Morgan fingerprint density at radius 3 is 2.30 bits per heavy atom. The van der Waals surface area contributed by atoms with Crippen LogP contribution in [-0.2, 0) is 10.0 Å². The van der Waals surface area contributed by atoms with E-state index < -0.39 is 10.0 Å². The van der Waals surface area contributed by atoms with E-state index in [2.05, 4.69) is 15.6 Å². The minimum atomic E-state index is -3.47. The number of amides is 1. The zero-order chi connectivity index (χ0) is 19.4. The van der Waals surface area contributed by atoms with Crippen molar-refractivity contribution in [3.8, 4) is 0 Å². The summed E-state index contributed by atoms with van der Waals surface area (Å²) in [4.78, 5) is 16.8. The van der Waals surface area contributed by atoms with E-state index in [1.54, 1.807) is 18.3 Å². The smallest absolute Gasteiger partial charge is 0.255 e. The van der Waals surface area contributed by atoms with Gasteiger partial charge in [-0.1, -0.05) is 0 Å². The van der Waals surface area contributed by atoms with E-state index in [1.807, 2.05) is 13.8 Å². The number of nitrogens with one attached hydrogen (secondary N) is 2. The summed E-state index contributed by atoms with van der Waals surface area (Å²) in [5.41, 5.74) is 0.961. The summed E-state index contributed by atoms with van der Waals surface area (Å²) in [6.07, 6.45) is 3.35. The van der Waals surface area contributed by atoms with E-state index in [9.17, 15) is 13.2 Å². The van der Waals surface area contributed by atoms with Crippen molar-refractivity contribution in [2.45, 2.75) is 37.6 Å². The van der Waals surface area contributed by atoms with Gasteiger partial charge in [0.05, 0.1) is 16.8 Å². The number of sulfonamides is 1. The lowest BCUT2D eigenvalue weighted by atomic mass is 10.2. The molecular formula is C19H24N4O3S. The fraction of sp³-hybridized carbons (Fsp3) is 0.368. The highest BCUT2D eigenvalue weighted by atomic mass is 32.2. The topological polar surface area (TPSA) is 91.4 Å². The number of pyridine rings is 1. The number of carbonyl (C=O) groups is 1. The molecule has 1 aliphatic rings. The highest BCUT2D eigenvalue weighted by Crippen LogP contribution is 2.21. The average Bonchev–Trinajstić information content (AvgIpc) is 3.18. The van der Waals surface area contributed by atoms with Crippen LogP contribution < -0.4 is 10.6 Å². The molecule has 1 amide bonds. The lowest BCUT2D eigenvalue weighted by molar-refractivity contribution is 0.102. The molecule has 1 aromatic heterocycles. The predicted octanol–water partition coefficient (Wildman–Crippen LogP) is 2.94. The number of benzene rings is 1. The molecule has 2 heterocycles. The summed E-state index contributed by atoms with van der Waals surface area (Å²) < 4.78 is 26.5. The first kappa shape index (κ1) is 19.3. The van der Waals surface area contributed by atoms with Crippen LogP contribution in [0.1, 0.15) is 37.0 Å². The fourth-order valence-corrected chi connectivity index (χ4v) is 4.43. The van der Waals surface area contributed by atoms with Gasteiger partial charge in [0.2, 0.25) is 10.0 Å². The van der Waals surface area contributed by atoms with Gasteiger partial charge in [-0.3, -0.25) is 4.79 Å². The molecule has 1 aromatic carbocycles. The average molecular weight is 388 g/mol. The molecule has 0 spiro atoms. The zero-order valence-corrected chi connectivity index (χ0v) is 16.3. The minimum absolute atomic E-state index is 0.215. The van der Waals surface area contributed by atoms with Gasteiger partial charge in [-0.25, -0.2) is 13.4 Å². The molecule has 0 bridgehead atoms. The van der Waals surface area contributed by atoms with Gasteiger partial charge in [0.25, 0.3) is 5.91 Å². The van der Waals surface area contributed by atoms with Crippen LogP contribution in [0.5, 0.6) is 0 Å². The standard InChI is InChI=1S/C19H24N4O3S/c1-14(2)21-18-10-7-16(13-20-18)22-19(24)15-5-8-17(9-6-15)27(25,26)23-11-3-4-12-23/h5-10,13-14H,3-4,11-12H2,1-2H3,(H,20,21)(H,22,24). The Balaban J connectivity index is 1.67. The Morgan fingerprint density at radius 2 is 1.74 bits per heavy atom. The number of hydrogen-bond donors (Lipinski definition) is 2. The largest absolute Gasteiger partial charge is 0.368 e. The molecule has 0 saturated carbocycles. The number of rotatable bonds is 6. The second kappa shape index (κ2) is 8.06. The first-order valence-electron chi connectivity index (χ1n) is 9.00. The normalized spacial score (nSPS) is 15.1. The molecule has 0 radical (unpaired) electrons. The molecule has 27 heavy (non-hydrogen) atoms. The van der Waals surface area contributed by atoms with Crippen LogP contribution in [0, 0.1) is 0 Å². The first-order chi connectivity index (χ1) is 12.9. The Kier molecular flexibility index (Phi) is 5.76. The minimum Gasteiger partial charge on any atom is -0.368 e. The van der Waals surface area contributed by atoms with Gasteiger partial charge in [0.15, 0.2) is 0 Å². The van der Waals surface area contributed by atoms with Crippen molar-refractivity contribution in [3.05, 3.63) is 48.2 Å². The molecule has 144 valence electrons. The van der Waals surface area contributed by atoms with E-state index in [1.165, 1.54) is 28.6 Å². The van der Waals surface area contributed by atoms with Gasteiger partial charge in [-0.2, -0.15) is 4.31 Å². The Labute approximate surface area is 159 Å². The summed E-state index contributed by atoms with van der Waals surface area (Å²) >= 11 is 0. The van der Waals surface area contributed by atoms with Crippen LogP contribution >= 0.6 is 0 Å². The third kappa shape index (κ3) is 4.64. The molecule has 0 unspecified atom stereocenters. The molecule has 1 aliphatic heterocycles. The van der Waals surface area contributed by atoms with E-state index in [-0.39, 0.29) is 16.8 Å². The van der Waals surface area contributed by atoms with Gasteiger partial charge in [-0.15, -0.1) is 0 Å². The Bertz CT molecular complexity index is 888. The summed E-state index contributed by atoms with van der Waals surface area (Å²) in [7, 11) is -3.47. The summed E-state index contributed by atoms with van der Waals surface area (Å²) in [6.45, 7) is 5.15. The molecule has 0 atom stereocenters. The number of aromatic nitrogens is 1. The maximum absolute atomic E-state index is 12.5. The van der Waals surface area contributed by atoms with Crippen molar-refractivity contribution in [1.82, 2.24) is 9.29 Å². The lowest BCUT2D eigenvalue weighted by Gasteiger charge is -2.15. The van der Waals surface area contributed by atoms with Crippen LogP contribution in [0.15, 0.2) is 47.5 Å². The monoisotopic (exact) mass is 388 g/mol. The molecule has 1 fully saturated rings. The van der Waals surface area contributed by atoms with E-state index >= 15 is 0 Å². The fourth-order valence-electron chi connectivity index (χ4n) is 2.91. The summed E-state index contributed by atoms with van der Waals surface area (Å²) in [6, 6.07) is 9.85. The SMILES string of the molecule is CC(C)Nc1ccc(NC(=O)c2ccc(S(=O)(=O)N3CCCC3)cc2)cn1. The van der Waals surface area contributed by atoms with Gasteiger partial charge in [0, 0.05) is 24.7 Å². The molecule has 3 rings (SSSR count). The van der Waals surface area contributed by atoms with Crippen LogP contribution in [0.25, 0.3) is 0 Å². The maximum Gasteiger partial charge on any atom is 0.255 e. The first-order valence-corrected chi connectivity index (χ1v) is 10.4.